The number of esters is 1. The first kappa shape index (κ1) is 16.5. The van der Waals surface area contributed by atoms with Crippen molar-refractivity contribution >= 4 is 46.6 Å². The molecular weight excluding hydrogens is 339 g/mol. The van der Waals surface area contributed by atoms with Gasteiger partial charge in [-0.15, -0.1) is 0 Å². The molecule has 1 aromatic heterocycles. The smallest absolute Gasteiger partial charge is 0.356 e. The average molecular weight is 354 g/mol. The van der Waals surface area contributed by atoms with Crippen molar-refractivity contribution in [2.24, 2.45) is 0 Å². The lowest BCUT2D eigenvalue weighted by molar-refractivity contribution is 0.0587. The average Bonchev–Trinajstić information content (AvgIpc) is 2.90. The van der Waals surface area contributed by atoms with E-state index in [2.05, 4.69) is 0 Å². The zero-order valence-electron chi connectivity index (χ0n) is 11.4. The maximum absolute atomic E-state index is 12.0. The summed E-state index contributed by atoms with van der Waals surface area (Å²) in [6, 6.07) is 1.39. The minimum Gasteiger partial charge on any atom is -0.464 e. The molecule has 8 heteroatoms. The third-order valence-electron chi connectivity index (χ3n) is 3.35. The minimum atomic E-state index is -2.05. The number of nitrogens with zero attached hydrogens (tertiary/aromatic N) is 2. The molecule has 0 unspecified atom stereocenters. The van der Waals surface area contributed by atoms with Crippen molar-refractivity contribution in [2.75, 3.05) is 25.2 Å². The zero-order chi connectivity index (χ0) is 15.6. The van der Waals surface area contributed by atoms with Gasteiger partial charge in [0, 0.05) is 24.8 Å². The fourth-order valence-electron chi connectivity index (χ4n) is 2.32. The van der Waals surface area contributed by atoms with E-state index in [9.17, 15) is 9.59 Å². The van der Waals surface area contributed by atoms with Crippen LogP contribution < -0.4 is 5.01 Å². The summed E-state index contributed by atoms with van der Waals surface area (Å²) < 4.78 is 4.32. The van der Waals surface area contributed by atoms with Gasteiger partial charge in [0.05, 0.1) is 7.11 Å². The number of aromatic nitrogens is 1. The van der Waals surface area contributed by atoms with Crippen LogP contribution in [0.1, 0.15) is 40.1 Å². The first-order chi connectivity index (χ1) is 9.84. The van der Waals surface area contributed by atoms with Gasteiger partial charge in [-0.05, 0) is 25.3 Å². The molecule has 1 saturated heterocycles. The van der Waals surface area contributed by atoms with Gasteiger partial charge in [-0.25, -0.2) is 4.79 Å². The number of piperidine rings is 1. The van der Waals surface area contributed by atoms with E-state index in [1.165, 1.54) is 19.4 Å². The number of methoxy groups -OCH3 is 1. The molecule has 116 valence electrons. The van der Waals surface area contributed by atoms with E-state index in [1.807, 2.05) is 5.01 Å². The number of Topliss-reactive ketones (excluding diaryl/α,β-unsaturated/α-hetero) is 1. The van der Waals surface area contributed by atoms with E-state index in [0.29, 0.717) is 0 Å². The summed E-state index contributed by atoms with van der Waals surface area (Å²) in [6.07, 6.45) is 4.70. The first-order valence-corrected chi connectivity index (χ1v) is 7.65. The topological polar surface area (TPSA) is 51.5 Å². The highest BCUT2D eigenvalue weighted by molar-refractivity contribution is 6.77. The number of carbonyl (C=O) groups is 2. The van der Waals surface area contributed by atoms with Gasteiger partial charge in [0.1, 0.15) is 5.69 Å². The Hall–Kier alpha value is -0.910. The standard InChI is InChI=1S/C13H15Cl3N2O3/c1-21-12(20)10-7-9(11(19)13(14,15)16)8-18(10)17-5-3-2-4-6-17/h7-8H,2-6H2,1H3. The second kappa shape index (κ2) is 6.46. The Morgan fingerprint density at radius 1 is 1.19 bits per heavy atom. The molecule has 1 aliphatic heterocycles. The third kappa shape index (κ3) is 3.65. The number of rotatable bonds is 3. The third-order valence-corrected chi connectivity index (χ3v) is 3.87. The molecular formula is C13H15Cl3N2O3. The van der Waals surface area contributed by atoms with Crippen molar-refractivity contribution < 1.29 is 14.3 Å². The molecule has 2 rings (SSSR count). The Bertz CT molecular complexity index is 545. The Morgan fingerprint density at radius 2 is 1.81 bits per heavy atom. The molecule has 5 nitrogen and oxygen atoms in total. The molecule has 1 aliphatic rings. The zero-order valence-corrected chi connectivity index (χ0v) is 13.7. The van der Waals surface area contributed by atoms with Crippen LogP contribution in [0, 0.1) is 0 Å². The van der Waals surface area contributed by atoms with E-state index in [4.69, 9.17) is 39.5 Å². The molecule has 0 aromatic carbocycles. The maximum Gasteiger partial charge on any atom is 0.356 e. The molecule has 0 saturated carbocycles. The van der Waals surface area contributed by atoms with Crippen LogP contribution in [0.3, 0.4) is 0 Å². The highest BCUT2D eigenvalue weighted by Crippen LogP contribution is 2.31. The number of ketones is 1. The van der Waals surface area contributed by atoms with Crippen molar-refractivity contribution in [2.45, 2.75) is 23.1 Å². The second-order valence-electron chi connectivity index (χ2n) is 4.79. The molecule has 0 spiro atoms. The predicted molar refractivity (Wildman–Crippen MR) is 82.2 cm³/mol. The minimum absolute atomic E-state index is 0.168. The molecule has 0 bridgehead atoms. The second-order valence-corrected chi connectivity index (χ2v) is 7.07. The number of carbonyl (C=O) groups excluding carboxylic acids is 2. The van der Waals surface area contributed by atoms with Gasteiger partial charge in [0.2, 0.25) is 5.78 Å². The van der Waals surface area contributed by atoms with E-state index >= 15 is 0 Å². The molecule has 1 aromatic rings. The van der Waals surface area contributed by atoms with Crippen molar-refractivity contribution in [1.29, 1.82) is 0 Å². The van der Waals surface area contributed by atoms with Crippen LogP contribution in [-0.4, -0.2) is 40.4 Å². The van der Waals surface area contributed by atoms with Crippen molar-refractivity contribution in [3.05, 3.63) is 23.5 Å². The molecule has 1 fully saturated rings. The number of alkyl halides is 3. The highest BCUT2D eigenvalue weighted by atomic mass is 35.6. The number of ether oxygens (including phenoxy) is 1. The number of halogens is 3. The van der Waals surface area contributed by atoms with Gasteiger partial charge in [-0.3, -0.25) is 9.47 Å². The summed E-state index contributed by atoms with van der Waals surface area (Å²) in [6.45, 7) is 1.58. The van der Waals surface area contributed by atoms with Crippen LogP contribution in [-0.2, 0) is 4.74 Å². The lowest BCUT2D eigenvalue weighted by Gasteiger charge is -2.30. The normalized spacial score (nSPS) is 15.9. The van der Waals surface area contributed by atoms with Gasteiger partial charge >= 0.3 is 5.97 Å². The summed E-state index contributed by atoms with van der Waals surface area (Å²) in [5, 5.41) is 1.98. The molecule has 21 heavy (non-hydrogen) atoms. The summed E-state index contributed by atoms with van der Waals surface area (Å²) in [4.78, 5) is 23.9. The Balaban J connectivity index is 2.40. The van der Waals surface area contributed by atoms with E-state index < -0.39 is 15.5 Å². The Labute approximate surface area is 137 Å². The van der Waals surface area contributed by atoms with Gasteiger partial charge in [-0.1, -0.05) is 34.8 Å². The van der Waals surface area contributed by atoms with Gasteiger partial charge in [0.15, 0.2) is 0 Å². The molecule has 0 aliphatic carbocycles. The fourth-order valence-corrected chi connectivity index (χ4v) is 2.65. The van der Waals surface area contributed by atoms with Crippen LogP contribution in [0.2, 0.25) is 0 Å². The summed E-state index contributed by atoms with van der Waals surface area (Å²) in [5.74, 6) is -1.21. The van der Waals surface area contributed by atoms with E-state index in [-0.39, 0.29) is 11.3 Å². The number of hydrogen-bond acceptors (Lipinski definition) is 4. The van der Waals surface area contributed by atoms with E-state index in [0.717, 1.165) is 32.4 Å². The van der Waals surface area contributed by atoms with Gasteiger partial charge < -0.3 is 9.75 Å². The fraction of sp³-hybridized carbons (Fsp3) is 0.538. The summed E-state index contributed by atoms with van der Waals surface area (Å²) in [5.41, 5.74) is 0.415. The van der Waals surface area contributed by atoms with Crippen LogP contribution in [0.4, 0.5) is 0 Å². The van der Waals surface area contributed by atoms with Crippen molar-refractivity contribution in [3.63, 3.8) is 0 Å². The van der Waals surface area contributed by atoms with Gasteiger partial charge in [0.25, 0.3) is 3.79 Å². The van der Waals surface area contributed by atoms with Crippen molar-refractivity contribution in [1.82, 2.24) is 4.68 Å². The molecule has 0 amide bonds. The van der Waals surface area contributed by atoms with Crippen LogP contribution in [0.25, 0.3) is 0 Å². The Kier molecular flexibility index (Phi) is 5.07. The monoisotopic (exact) mass is 352 g/mol. The Morgan fingerprint density at radius 3 is 2.33 bits per heavy atom. The first-order valence-electron chi connectivity index (χ1n) is 6.52. The molecule has 0 radical (unpaired) electrons. The SMILES string of the molecule is COC(=O)c1cc(C(=O)C(Cl)(Cl)Cl)cn1N1CCCCC1. The summed E-state index contributed by atoms with van der Waals surface area (Å²) in [7, 11) is 1.28. The van der Waals surface area contributed by atoms with Crippen LogP contribution >= 0.6 is 34.8 Å². The number of hydrogen-bond donors (Lipinski definition) is 0. The van der Waals surface area contributed by atoms with Gasteiger partial charge in [-0.2, -0.15) is 0 Å². The maximum atomic E-state index is 12.0. The molecule has 2 heterocycles. The van der Waals surface area contributed by atoms with Crippen molar-refractivity contribution in [3.8, 4) is 0 Å². The largest absolute Gasteiger partial charge is 0.464 e. The highest BCUT2D eigenvalue weighted by Gasteiger charge is 2.34. The van der Waals surface area contributed by atoms with Crippen LogP contribution in [0.15, 0.2) is 12.3 Å². The molecule has 0 atom stereocenters. The summed E-state index contributed by atoms with van der Waals surface area (Å²) >= 11 is 16.9. The lowest BCUT2D eigenvalue weighted by Crippen LogP contribution is -2.40. The van der Waals surface area contributed by atoms with Crippen LogP contribution in [0.5, 0.6) is 0 Å². The quantitative estimate of drug-likeness (QED) is 0.476. The lowest BCUT2D eigenvalue weighted by atomic mass is 10.2. The molecule has 0 N–H and O–H groups in total. The van der Waals surface area contributed by atoms with E-state index in [1.54, 1.807) is 4.68 Å². The predicted octanol–water partition coefficient (Wildman–Crippen LogP) is 2.95.